The van der Waals surface area contributed by atoms with Gasteiger partial charge in [0.2, 0.25) is 21.8 Å². The van der Waals surface area contributed by atoms with Crippen LogP contribution in [-0.4, -0.2) is 68.4 Å². The molecule has 3 rings (SSSR count). The minimum Gasteiger partial charge on any atom is -0.340 e. The van der Waals surface area contributed by atoms with E-state index in [2.05, 4.69) is 0 Å². The first-order valence-electron chi connectivity index (χ1n) is 8.68. The Hall–Kier alpha value is -2.14. The zero-order chi connectivity index (χ0) is 20.7. The molecule has 0 bridgehead atoms. The van der Waals surface area contributed by atoms with E-state index in [-0.39, 0.29) is 50.7 Å². The van der Waals surface area contributed by atoms with Gasteiger partial charge in [0, 0.05) is 44.8 Å². The molecule has 2 amide bonds. The van der Waals surface area contributed by atoms with Crippen LogP contribution in [0.1, 0.15) is 12.0 Å². The molecule has 2 fully saturated rings. The fourth-order valence-electron chi connectivity index (χ4n) is 3.47. The molecule has 0 aliphatic carbocycles. The predicted octanol–water partition coefficient (Wildman–Crippen LogP) is 1.16. The molecule has 0 saturated carbocycles. The van der Waals surface area contributed by atoms with Crippen LogP contribution in [0.2, 0.25) is 0 Å². The van der Waals surface area contributed by atoms with Crippen molar-refractivity contribution in [2.75, 3.05) is 43.9 Å². The van der Waals surface area contributed by atoms with Gasteiger partial charge in [0.25, 0.3) is 0 Å². The third-order valence-corrected chi connectivity index (χ3v) is 6.28. The van der Waals surface area contributed by atoms with Gasteiger partial charge in [-0.2, -0.15) is 17.5 Å². The van der Waals surface area contributed by atoms with Crippen LogP contribution < -0.4 is 4.90 Å². The molecule has 2 heterocycles. The van der Waals surface area contributed by atoms with E-state index < -0.39 is 33.6 Å². The van der Waals surface area contributed by atoms with Gasteiger partial charge in [-0.15, -0.1) is 0 Å². The maximum absolute atomic E-state index is 12.9. The largest absolute Gasteiger partial charge is 0.416 e. The molecule has 1 aromatic carbocycles. The molecule has 0 spiro atoms. The molecule has 1 aromatic rings. The number of hydrogen-bond acceptors (Lipinski definition) is 4. The molecule has 2 aliphatic rings. The summed E-state index contributed by atoms with van der Waals surface area (Å²) in [5.74, 6) is -1.35. The van der Waals surface area contributed by atoms with Crippen LogP contribution in [0.15, 0.2) is 24.3 Å². The lowest BCUT2D eigenvalue weighted by atomic mass is 10.1. The van der Waals surface area contributed by atoms with Crippen molar-refractivity contribution < 1.29 is 31.2 Å². The van der Waals surface area contributed by atoms with Crippen molar-refractivity contribution in [2.24, 2.45) is 5.92 Å². The highest BCUT2D eigenvalue weighted by Crippen LogP contribution is 2.33. The highest BCUT2D eigenvalue weighted by molar-refractivity contribution is 7.88. The molecular formula is C17H20F3N3O4S. The molecule has 2 aliphatic heterocycles. The van der Waals surface area contributed by atoms with Gasteiger partial charge in [0.1, 0.15) is 0 Å². The number of anilines is 1. The Morgan fingerprint density at radius 3 is 2.36 bits per heavy atom. The van der Waals surface area contributed by atoms with E-state index in [9.17, 15) is 31.2 Å². The molecule has 7 nitrogen and oxygen atoms in total. The number of amides is 2. The van der Waals surface area contributed by atoms with Crippen molar-refractivity contribution in [3.05, 3.63) is 29.8 Å². The van der Waals surface area contributed by atoms with Crippen molar-refractivity contribution in [3.63, 3.8) is 0 Å². The minimum absolute atomic E-state index is 0.00523. The maximum Gasteiger partial charge on any atom is 0.416 e. The quantitative estimate of drug-likeness (QED) is 0.737. The summed E-state index contributed by atoms with van der Waals surface area (Å²) in [5, 5.41) is 0. The van der Waals surface area contributed by atoms with E-state index in [1.807, 2.05) is 0 Å². The monoisotopic (exact) mass is 419 g/mol. The fourth-order valence-corrected chi connectivity index (χ4v) is 4.30. The molecule has 2 saturated heterocycles. The van der Waals surface area contributed by atoms with Gasteiger partial charge in [-0.25, -0.2) is 8.42 Å². The Balaban J connectivity index is 1.67. The lowest BCUT2D eigenvalue weighted by Crippen LogP contribution is -2.51. The number of alkyl halides is 3. The fraction of sp³-hybridized carbons (Fsp3) is 0.529. The molecule has 154 valence electrons. The highest BCUT2D eigenvalue weighted by Gasteiger charge is 2.39. The summed E-state index contributed by atoms with van der Waals surface area (Å²) in [7, 11) is -3.32. The first-order chi connectivity index (χ1) is 13.0. The van der Waals surface area contributed by atoms with Gasteiger partial charge in [-0.3, -0.25) is 9.59 Å². The number of hydrogen-bond donors (Lipinski definition) is 0. The number of halogens is 3. The van der Waals surface area contributed by atoms with E-state index in [0.29, 0.717) is 0 Å². The summed E-state index contributed by atoms with van der Waals surface area (Å²) < 4.78 is 63.1. The maximum atomic E-state index is 12.9. The number of benzene rings is 1. The number of carbonyl (C=O) groups is 2. The number of rotatable bonds is 3. The van der Waals surface area contributed by atoms with Crippen molar-refractivity contribution >= 4 is 27.5 Å². The number of piperazine rings is 1. The topological polar surface area (TPSA) is 78.0 Å². The number of sulfonamides is 1. The Morgan fingerprint density at radius 2 is 1.79 bits per heavy atom. The molecule has 28 heavy (non-hydrogen) atoms. The zero-order valence-electron chi connectivity index (χ0n) is 15.1. The van der Waals surface area contributed by atoms with Crippen molar-refractivity contribution in [3.8, 4) is 0 Å². The van der Waals surface area contributed by atoms with Gasteiger partial charge in [0.15, 0.2) is 0 Å². The van der Waals surface area contributed by atoms with Crippen LogP contribution in [0, 0.1) is 5.92 Å². The SMILES string of the molecule is CS(=O)(=O)N1CCN(C(=O)C2CC(=O)N(c3cccc(C(F)(F)F)c3)C2)CC1. The summed E-state index contributed by atoms with van der Waals surface area (Å²) in [6.45, 7) is 0.816. The second-order valence-corrected chi connectivity index (χ2v) is 8.92. The third-order valence-electron chi connectivity index (χ3n) is 4.98. The van der Waals surface area contributed by atoms with Crippen molar-refractivity contribution in [1.29, 1.82) is 0 Å². The summed E-state index contributed by atoms with van der Waals surface area (Å²) in [4.78, 5) is 27.7. The molecule has 1 unspecified atom stereocenters. The highest BCUT2D eigenvalue weighted by atomic mass is 32.2. The van der Waals surface area contributed by atoms with E-state index in [0.717, 1.165) is 18.4 Å². The average Bonchev–Trinajstić information content (AvgIpc) is 3.01. The number of nitrogens with zero attached hydrogens (tertiary/aromatic N) is 3. The zero-order valence-corrected chi connectivity index (χ0v) is 16.0. The summed E-state index contributed by atoms with van der Waals surface area (Å²) in [5.41, 5.74) is -0.749. The minimum atomic E-state index is -4.52. The first-order valence-corrected chi connectivity index (χ1v) is 10.5. The lowest BCUT2D eigenvalue weighted by Gasteiger charge is -2.34. The van der Waals surface area contributed by atoms with E-state index >= 15 is 0 Å². The summed E-state index contributed by atoms with van der Waals surface area (Å²) in [6, 6.07) is 4.46. The van der Waals surface area contributed by atoms with Crippen LogP contribution >= 0.6 is 0 Å². The molecule has 1 atom stereocenters. The third kappa shape index (κ3) is 4.30. The van der Waals surface area contributed by atoms with Crippen molar-refractivity contribution in [1.82, 2.24) is 9.21 Å². The summed E-state index contributed by atoms with van der Waals surface area (Å²) >= 11 is 0. The lowest BCUT2D eigenvalue weighted by molar-refractivity contribution is -0.138. The second kappa shape index (κ2) is 7.36. The number of carbonyl (C=O) groups excluding carboxylic acids is 2. The summed E-state index contributed by atoms with van der Waals surface area (Å²) in [6.07, 6.45) is -3.50. The Morgan fingerprint density at radius 1 is 1.14 bits per heavy atom. The van der Waals surface area contributed by atoms with Crippen LogP contribution in [0.4, 0.5) is 18.9 Å². The Bertz CT molecular complexity index is 880. The molecule has 0 aromatic heterocycles. The molecule has 0 radical (unpaired) electrons. The average molecular weight is 419 g/mol. The van der Waals surface area contributed by atoms with Gasteiger partial charge in [0.05, 0.1) is 17.7 Å². The van der Waals surface area contributed by atoms with Gasteiger partial charge >= 0.3 is 6.18 Å². The van der Waals surface area contributed by atoms with E-state index in [1.54, 1.807) is 0 Å². The van der Waals surface area contributed by atoms with E-state index in [4.69, 9.17) is 0 Å². The smallest absolute Gasteiger partial charge is 0.340 e. The molecule has 11 heteroatoms. The standard InChI is InChI=1S/C17H20F3N3O4S/c1-28(26,27)22-7-5-21(6-8-22)16(25)12-9-15(24)23(11-12)14-4-2-3-13(10-14)17(18,19)20/h2-4,10,12H,5-9,11H2,1H3. The van der Waals surface area contributed by atoms with Crippen LogP contribution in [-0.2, 0) is 25.8 Å². The second-order valence-electron chi connectivity index (χ2n) is 6.94. The van der Waals surface area contributed by atoms with Crippen molar-refractivity contribution in [2.45, 2.75) is 12.6 Å². The van der Waals surface area contributed by atoms with Gasteiger partial charge < -0.3 is 9.80 Å². The van der Waals surface area contributed by atoms with Crippen LogP contribution in [0.25, 0.3) is 0 Å². The van der Waals surface area contributed by atoms with Crippen LogP contribution in [0.5, 0.6) is 0 Å². The Labute approximate surface area is 160 Å². The Kier molecular flexibility index (Phi) is 5.41. The van der Waals surface area contributed by atoms with E-state index in [1.165, 1.54) is 26.2 Å². The first kappa shape index (κ1) is 20.6. The normalized spacial score (nSPS) is 22.0. The van der Waals surface area contributed by atoms with Gasteiger partial charge in [-0.1, -0.05) is 6.07 Å². The predicted molar refractivity (Wildman–Crippen MR) is 94.9 cm³/mol. The molecule has 0 N–H and O–H groups in total. The van der Waals surface area contributed by atoms with Crippen LogP contribution in [0.3, 0.4) is 0 Å². The molecular weight excluding hydrogens is 399 g/mol. The van der Waals surface area contributed by atoms with Gasteiger partial charge in [-0.05, 0) is 18.2 Å².